The number of methoxy groups -OCH3 is 1. The SMILES string of the molecule is COC(=O)NCCCNC(=O)c1ccc(N(CCc2cccc(Cl)c2Cl)S(=O)[O-])cc1. The molecule has 0 aliphatic heterocycles. The van der Waals surface area contributed by atoms with Gasteiger partial charge in [-0.15, -0.1) is 0 Å². The van der Waals surface area contributed by atoms with Crippen LogP contribution in [0.5, 0.6) is 0 Å². The maximum absolute atomic E-state index is 12.2. The number of rotatable bonds is 10. The van der Waals surface area contributed by atoms with Gasteiger partial charge in [0, 0.05) is 42.2 Å². The second-order valence-electron chi connectivity index (χ2n) is 6.36. The number of nitrogens with zero attached hydrogens (tertiary/aromatic N) is 1. The molecule has 0 saturated carbocycles. The van der Waals surface area contributed by atoms with E-state index in [-0.39, 0.29) is 12.5 Å². The van der Waals surface area contributed by atoms with Crippen molar-refractivity contribution in [2.24, 2.45) is 0 Å². The third kappa shape index (κ3) is 7.70. The third-order valence-electron chi connectivity index (χ3n) is 4.31. The molecule has 2 N–H and O–H groups in total. The molecule has 8 nitrogen and oxygen atoms in total. The molecule has 0 spiro atoms. The van der Waals surface area contributed by atoms with Gasteiger partial charge in [-0.2, -0.15) is 0 Å². The number of nitrogens with one attached hydrogen (secondary N) is 2. The van der Waals surface area contributed by atoms with Crippen LogP contribution in [0, 0.1) is 0 Å². The normalized spacial score (nSPS) is 11.5. The summed E-state index contributed by atoms with van der Waals surface area (Å²) in [5, 5.41) is 6.05. The monoisotopic (exact) mass is 486 g/mol. The Bertz CT molecular complexity index is 928. The predicted molar refractivity (Wildman–Crippen MR) is 120 cm³/mol. The molecule has 0 aromatic heterocycles. The zero-order valence-corrected chi connectivity index (χ0v) is 19.1. The molecule has 2 aromatic rings. The first-order valence-electron chi connectivity index (χ1n) is 9.33. The molecule has 2 amide bonds. The molecule has 0 saturated heterocycles. The minimum atomic E-state index is -2.51. The van der Waals surface area contributed by atoms with Crippen molar-refractivity contribution < 1.29 is 23.1 Å². The van der Waals surface area contributed by atoms with Crippen LogP contribution in [0.15, 0.2) is 42.5 Å². The Hall–Kier alpha value is -2.33. The first-order chi connectivity index (χ1) is 14.8. The number of carbonyl (C=O) groups excluding carboxylic acids is 2. The van der Waals surface area contributed by atoms with Crippen molar-refractivity contribution in [3.8, 4) is 0 Å². The first kappa shape index (κ1) is 24.9. The summed E-state index contributed by atoms with van der Waals surface area (Å²) in [7, 11) is 1.27. The fourth-order valence-corrected chi connectivity index (χ4v) is 3.64. The van der Waals surface area contributed by atoms with Crippen molar-refractivity contribution in [1.29, 1.82) is 0 Å². The van der Waals surface area contributed by atoms with Gasteiger partial charge in [0.1, 0.15) is 0 Å². The van der Waals surface area contributed by atoms with E-state index in [2.05, 4.69) is 15.4 Å². The summed E-state index contributed by atoms with van der Waals surface area (Å²) in [5.41, 5.74) is 1.55. The highest BCUT2D eigenvalue weighted by atomic mass is 35.5. The number of hydrogen-bond donors (Lipinski definition) is 2. The Balaban J connectivity index is 1.92. The largest absolute Gasteiger partial charge is 0.755 e. The van der Waals surface area contributed by atoms with Gasteiger partial charge in [0.15, 0.2) is 0 Å². The second-order valence-corrected chi connectivity index (χ2v) is 8.02. The summed E-state index contributed by atoms with van der Waals surface area (Å²) in [6.07, 6.45) is 0.378. The lowest BCUT2D eigenvalue weighted by molar-refractivity contribution is 0.0953. The van der Waals surface area contributed by atoms with E-state index in [0.717, 1.165) is 5.56 Å². The minimum absolute atomic E-state index is 0.162. The standard InChI is InChI=1S/C20H23Cl2N3O5S/c1-30-20(27)24-12-3-11-23-19(26)15-6-8-16(9-7-15)25(31(28)29)13-10-14-4-2-5-17(21)18(14)22/h2,4-9H,3,10-13H2,1H3,(H,23,26)(H,24,27)(H,28,29)/p-1. The van der Waals surface area contributed by atoms with Gasteiger partial charge in [-0.05, 0) is 48.7 Å². The van der Waals surface area contributed by atoms with Crippen LogP contribution in [0.3, 0.4) is 0 Å². The average molecular weight is 487 g/mol. The molecule has 0 radical (unpaired) electrons. The van der Waals surface area contributed by atoms with Gasteiger partial charge < -0.3 is 24.2 Å². The molecule has 1 atom stereocenters. The van der Waals surface area contributed by atoms with Crippen LogP contribution < -0.4 is 14.9 Å². The van der Waals surface area contributed by atoms with Gasteiger partial charge >= 0.3 is 6.09 Å². The van der Waals surface area contributed by atoms with Crippen molar-refractivity contribution >= 4 is 52.2 Å². The molecule has 0 fully saturated rings. The Morgan fingerprint density at radius 1 is 1.10 bits per heavy atom. The number of amides is 2. The van der Waals surface area contributed by atoms with Crippen LogP contribution in [0.4, 0.5) is 10.5 Å². The Kier molecular flexibility index (Phi) is 10.1. The van der Waals surface area contributed by atoms with Crippen molar-refractivity contribution in [2.45, 2.75) is 12.8 Å². The Morgan fingerprint density at radius 3 is 2.42 bits per heavy atom. The second kappa shape index (κ2) is 12.5. The molecular formula is C20H22Cl2N3O5S-. The summed E-state index contributed by atoms with van der Waals surface area (Å²) in [6.45, 7) is 0.892. The molecule has 31 heavy (non-hydrogen) atoms. The van der Waals surface area contributed by atoms with Gasteiger partial charge in [-0.1, -0.05) is 35.3 Å². The fourth-order valence-electron chi connectivity index (χ4n) is 2.69. The molecular weight excluding hydrogens is 465 g/mol. The molecule has 2 rings (SSSR count). The number of ether oxygens (including phenoxy) is 1. The summed E-state index contributed by atoms with van der Waals surface area (Å²) in [5.74, 6) is -0.301. The van der Waals surface area contributed by atoms with E-state index in [0.29, 0.717) is 47.2 Å². The van der Waals surface area contributed by atoms with Crippen molar-refractivity contribution in [3.05, 3.63) is 63.6 Å². The summed E-state index contributed by atoms with van der Waals surface area (Å²) >= 11 is 9.66. The molecule has 1 unspecified atom stereocenters. The predicted octanol–water partition coefficient (Wildman–Crippen LogP) is 3.31. The molecule has 0 aliphatic carbocycles. The molecule has 168 valence electrons. The maximum Gasteiger partial charge on any atom is 0.406 e. The van der Waals surface area contributed by atoms with Crippen LogP contribution in [-0.2, 0) is 22.4 Å². The van der Waals surface area contributed by atoms with Gasteiger partial charge in [0.25, 0.3) is 5.91 Å². The molecule has 0 bridgehead atoms. The quantitative estimate of drug-likeness (QED) is 0.395. The Labute approximate surface area is 193 Å². The summed E-state index contributed by atoms with van der Waals surface area (Å²) < 4.78 is 29.1. The van der Waals surface area contributed by atoms with E-state index in [1.54, 1.807) is 42.5 Å². The highest BCUT2D eigenvalue weighted by molar-refractivity contribution is 7.80. The van der Waals surface area contributed by atoms with Crippen molar-refractivity contribution in [1.82, 2.24) is 10.6 Å². The lowest BCUT2D eigenvalue weighted by atomic mass is 10.1. The van der Waals surface area contributed by atoms with E-state index in [4.69, 9.17) is 23.2 Å². The fraction of sp³-hybridized carbons (Fsp3) is 0.300. The first-order valence-corrected chi connectivity index (χ1v) is 11.1. The number of benzene rings is 2. The average Bonchev–Trinajstić information content (AvgIpc) is 2.76. The lowest BCUT2D eigenvalue weighted by Crippen LogP contribution is -2.30. The topological polar surface area (TPSA) is 111 Å². The lowest BCUT2D eigenvalue weighted by Gasteiger charge is -2.26. The number of alkyl carbamates (subject to hydrolysis) is 1. The molecule has 11 heteroatoms. The van der Waals surface area contributed by atoms with Crippen LogP contribution in [0.1, 0.15) is 22.3 Å². The van der Waals surface area contributed by atoms with E-state index in [9.17, 15) is 18.4 Å². The number of hydrogen-bond acceptors (Lipinski definition) is 5. The third-order valence-corrected chi connectivity index (χ3v) is 5.92. The van der Waals surface area contributed by atoms with Gasteiger partial charge in [-0.3, -0.25) is 9.00 Å². The highest BCUT2D eigenvalue weighted by Crippen LogP contribution is 2.26. The van der Waals surface area contributed by atoms with Crippen molar-refractivity contribution in [3.63, 3.8) is 0 Å². The summed E-state index contributed by atoms with van der Waals surface area (Å²) in [4.78, 5) is 23.2. The van der Waals surface area contributed by atoms with Gasteiger partial charge in [0.2, 0.25) is 0 Å². The van der Waals surface area contributed by atoms with Crippen LogP contribution in [0.25, 0.3) is 0 Å². The minimum Gasteiger partial charge on any atom is -0.755 e. The van der Waals surface area contributed by atoms with Crippen LogP contribution in [-0.4, -0.2) is 47.5 Å². The van der Waals surface area contributed by atoms with E-state index in [1.165, 1.54) is 11.4 Å². The number of halogens is 2. The molecule has 2 aromatic carbocycles. The summed E-state index contributed by atoms with van der Waals surface area (Å²) in [6, 6.07) is 11.4. The maximum atomic E-state index is 12.2. The number of anilines is 1. The van der Waals surface area contributed by atoms with Crippen molar-refractivity contribution in [2.75, 3.05) is 31.0 Å². The molecule has 0 aliphatic rings. The molecule has 0 heterocycles. The van der Waals surface area contributed by atoms with Crippen LogP contribution in [0.2, 0.25) is 10.0 Å². The van der Waals surface area contributed by atoms with E-state index >= 15 is 0 Å². The van der Waals surface area contributed by atoms with E-state index < -0.39 is 17.4 Å². The zero-order valence-electron chi connectivity index (χ0n) is 16.7. The van der Waals surface area contributed by atoms with Crippen LogP contribution >= 0.6 is 23.2 Å². The Morgan fingerprint density at radius 2 is 1.77 bits per heavy atom. The van der Waals surface area contributed by atoms with Gasteiger partial charge in [0.05, 0.1) is 17.2 Å². The van der Waals surface area contributed by atoms with Gasteiger partial charge in [-0.25, -0.2) is 4.79 Å². The highest BCUT2D eigenvalue weighted by Gasteiger charge is 2.12. The van der Waals surface area contributed by atoms with E-state index in [1.807, 2.05) is 0 Å². The zero-order chi connectivity index (χ0) is 22.8. The number of carbonyl (C=O) groups is 2. The smallest absolute Gasteiger partial charge is 0.406 e.